The zero-order valence-corrected chi connectivity index (χ0v) is 13.5. The van der Waals surface area contributed by atoms with Crippen LogP contribution < -0.4 is 5.32 Å². The van der Waals surface area contributed by atoms with Gasteiger partial charge in [0.25, 0.3) is 0 Å². The van der Waals surface area contributed by atoms with Gasteiger partial charge in [0.05, 0.1) is 17.7 Å². The molecule has 0 fully saturated rings. The molecule has 1 aromatic carbocycles. The summed E-state index contributed by atoms with van der Waals surface area (Å²) in [6.45, 7) is 1.92. The molecule has 2 N–H and O–H groups in total. The van der Waals surface area contributed by atoms with Crippen molar-refractivity contribution in [3.8, 4) is 11.3 Å². The summed E-state index contributed by atoms with van der Waals surface area (Å²) >= 11 is 1.54. The first-order chi connectivity index (χ1) is 10.5. The molecule has 0 saturated carbocycles. The molecule has 0 bridgehead atoms. The van der Waals surface area contributed by atoms with Crippen LogP contribution in [-0.2, 0) is 11.2 Å². The fourth-order valence-electron chi connectivity index (χ4n) is 2.01. The van der Waals surface area contributed by atoms with Crippen molar-refractivity contribution in [2.45, 2.75) is 18.9 Å². The fourth-order valence-corrected chi connectivity index (χ4v) is 2.74. The number of carbonyl (C=O) groups is 1. The highest BCUT2D eigenvalue weighted by molar-refractivity contribution is 7.98. The van der Waals surface area contributed by atoms with Crippen LogP contribution in [0.1, 0.15) is 12.6 Å². The van der Waals surface area contributed by atoms with Gasteiger partial charge >= 0.3 is 0 Å². The van der Waals surface area contributed by atoms with Crippen molar-refractivity contribution in [3.05, 3.63) is 42.1 Å². The van der Waals surface area contributed by atoms with Crippen molar-refractivity contribution in [1.29, 1.82) is 0 Å². The molecule has 0 aliphatic rings. The summed E-state index contributed by atoms with van der Waals surface area (Å²) in [6.07, 6.45) is 2.04. The first kappa shape index (κ1) is 16.6. The second kappa shape index (κ2) is 7.47. The zero-order chi connectivity index (χ0) is 16.0. The van der Waals surface area contributed by atoms with Gasteiger partial charge in [-0.15, -0.1) is 0 Å². The average molecular weight is 320 g/mol. The lowest BCUT2D eigenvalue weighted by molar-refractivity contribution is -0.121. The van der Waals surface area contributed by atoms with Crippen LogP contribution in [0.3, 0.4) is 0 Å². The van der Waals surface area contributed by atoms with Crippen LogP contribution in [0.2, 0.25) is 0 Å². The molecule has 1 aromatic heterocycles. The highest BCUT2D eigenvalue weighted by Gasteiger charge is 2.20. The summed E-state index contributed by atoms with van der Waals surface area (Å²) in [4.78, 5) is 11.9. The van der Waals surface area contributed by atoms with E-state index in [0.717, 1.165) is 5.56 Å². The number of nitrogens with zero attached hydrogens (tertiary/aromatic N) is 1. The third-order valence-corrected chi connectivity index (χ3v) is 3.99. The number of aliphatic hydroxyl groups is 1. The maximum absolute atomic E-state index is 11.9. The number of carbonyl (C=O) groups excluding carboxylic acids is 1. The van der Waals surface area contributed by atoms with Crippen molar-refractivity contribution in [1.82, 2.24) is 10.5 Å². The summed E-state index contributed by atoms with van der Waals surface area (Å²) in [7, 11) is 0. The highest BCUT2D eigenvalue weighted by Crippen LogP contribution is 2.19. The standard InChI is InChI=1S/C16H20N2O3S/c1-16(20,11-22-2)10-17-15(19)9-13-8-14(21-18-13)12-6-4-3-5-7-12/h3-8,20H,9-11H2,1-2H3,(H,17,19). The summed E-state index contributed by atoms with van der Waals surface area (Å²) in [6, 6.07) is 11.4. The van der Waals surface area contributed by atoms with Crippen molar-refractivity contribution in [2.75, 3.05) is 18.6 Å². The number of nitrogens with one attached hydrogen (secondary N) is 1. The predicted octanol–water partition coefficient (Wildman–Crippen LogP) is 2.11. The van der Waals surface area contributed by atoms with Gasteiger partial charge in [0.2, 0.25) is 5.91 Å². The maximum atomic E-state index is 11.9. The number of hydrogen-bond donors (Lipinski definition) is 2. The minimum Gasteiger partial charge on any atom is -0.387 e. The van der Waals surface area contributed by atoms with Crippen LogP contribution >= 0.6 is 11.8 Å². The van der Waals surface area contributed by atoms with Gasteiger partial charge in [-0.3, -0.25) is 4.79 Å². The van der Waals surface area contributed by atoms with Crippen molar-refractivity contribution >= 4 is 17.7 Å². The fraction of sp³-hybridized carbons (Fsp3) is 0.375. The van der Waals surface area contributed by atoms with E-state index in [-0.39, 0.29) is 18.9 Å². The van der Waals surface area contributed by atoms with Crippen LogP contribution in [0.5, 0.6) is 0 Å². The van der Waals surface area contributed by atoms with E-state index < -0.39 is 5.60 Å². The monoisotopic (exact) mass is 320 g/mol. The minimum absolute atomic E-state index is 0.131. The third kappa shape index (κ3) is 4.89. The van der Waals surface area contributed by atoms with E-state index in [2.05, 4.69) is 10.5 Å². The number of aromatic nitrogens is 1. The van der Waals surface area contributed by atoms with Crippen molar-refractivity contribution in [2.24, 2.45) is 0 Å². The number of benzene rings is 1. The molecule has 118 valence electrons. The highest BCUT2D eigenvalue weighted by atomic mass is 32.2. The molecular formula is C16H20N2O3S. The van der Waals surface area contributed by atoms with Gasteiger partial charge in [-0.2, -0.15) is 11.8 Å². The van der Waals surface area contributed by atoms with E-state index in [4.69, 9.17) is 4.52 Å². The molecular weight excluding hydrogens is 300 g/mol. The van der Waals surface area contributed by atoms with Gasteiger partial charge in [-0.25, -0.2) is 0 Å². The molecule has 0 aliphatic heterocycles. The number of thioether (sulfide) groups is 1. The Kier molecular flexibility index (Phi) is 5.63. The first-order valence-electron chi connectivity index (χ1n) is 6.99. The molecule has 2 aromatic rings. The Hall–Kier alpha value is -1.79. The van der Waals surface area contributed by atoms with Crippen molar-refractivity contribution < 1.29 is 14.4 Å². The molecule has 22 heavy (non-hydrogen) atoms. The number of rotatable bonds is 7. The zero-order valence-electron chi connectivity index (χ0n) is 12.7. The van der Waals surface area contributed by atoms with Gasteiger partial charge in [-0.1, -0.05) is 35.5 Å². The lowest BCUT2D eigenvalue weighted by Gasteiger charge is -2.22. The Bertz CT molecular complexity index is 611. The van der Waals surface area contributed by atoms with Crippen LogP contribution in [0.25, 0.3) is 11.3 Å². The van der Waals surface area contributed by atoms with Crippen molar-refractivity contribution in [3.63, 3.8) is 0 Å². The predicted molar refractivity (Wildman–Crippen MR) is 87.7 cm³/mol. The van der Waals surface area contributed by atoms with Crippen LogP contribution in [0, 0.1) is 0 Å². The van der Waals surface area contributed by atoms with E-state index in [1.807, 2.05) is 36.6 Å². The molecule has 1 atom stereocenters. The van der Waals surface area contributed by atoms with Gasteiger partial charge < -0.3 is 14.9 Å². The quantitative estimate of drug-likeness (QED) is 0.817. The van der Waals surface area contributed by atoms with Gasteiger partial charge in [-0.05, 0) is 13.2 Å². The molecule has 0 aliphatic carbocycles. The van der Waals surface area contributed by atoms with E-state index in [1.165, 1.54) is 11.8 Å². The largest absolute Gasteiger partial charge is 0.387 e. The molecule has 0 radical (unpaired) electrons. The second-order valence-corrected chi connectivity index (χ2v) is 6.30. The second-order valence-electron chi connectivity index (χ2n) is 5.43. The summed E-state index contributed by atoms with van der Waals surface area (Å²) < 4.78 is 5.25. The van der Waals surface area contributed by atoms with Crippen LogP contribution in [0.4, 0.5) is 0 Å². The average Bonchev–Trinajstić information content (AvgIpc) is 2.95. The number of hydrogen-bond acceptors (Lipinski definition) is 5. The molecule has 0 spiro atoms. The van der Waals surface area contributed by atoms with Gasteiger partial charge in [0.1, 0.15) is 0 Å². The van der Waals surface area contributed by atoms with E-state index >= 15 is 0 Å². The molecule has 1 heterocycles. The Morgan fingerprint density at radius 3 is 2.82 bits per heavy atom. The minimum atomic E-state index is -0.909. The van der Waals surface area contributed by atoms with E-state index in [9.17, 15) is 9.90 Å². The molecule has 1 unspecified atom stereocenters. The maximum Gasteiger partial charge on any atom is 0.226 e. The topological polar surface area (TPSA) is 75.4 Å². The SMILES string of the molecule is CSCC(C)(O)CNC(=O)Cc1cc(-c2ccccc2)on1. The summed E-state index contributed by atoms with van der Waals surface area (Å²) in [5.41, 5.74) is 0.583. The Balaban J connectivity index is 1.89. The summed E-state index contributed by atoms with van der Waals surface area (Å²) in [5, 5.41) is 16.6. The smallest absolute Gasteiger partial charge is 0.226 e. The van der Waals surface area contributed by atoms with Crippen LogP contribution in [-0.4, -0.2) is 40.3 Å². The van der Waals surface area contributed by atoms with Gasteiger partial charge in [0.15, 0.2) is 5.76 Å². The van der Waals surface area contributed by atoms with E-state index in [1.54, 1.807) is 13.0 Å². The molecule has 5 nitrogen and oxygen atoms in total. The van der Waals surface area contributed by atoms with Gasteiger partial charge in [0, 0.05) is 23.9 Å². The molecule has 6 heteroatoms. The lowest BCUT2D eigenvalue weighted by atomic mass is 10.1. The number of amides is 1. The molecule has 0 saturated heterocycles. The summed E-state index contributed by atoms with van der Waals surface area (Å²) in [5.74, 6) is 1.02. The Morgan fingerprint density at radius 1 is 1.41 bits per heavy atom. The first-order valence-corrected chi connectivity index (χ1v) is 8.38. The third-order valence-electron chi connectivity index (χ3n) is 3.08. The molecule has 1 amide bonds. The van der Waals surface area contributed by atoms with E-state index in [0.29, 0.717) is 17.2 Å². The lowest BCUT2D eigenvalue weighted by Crippen LogP contribution is -2.42. The van der Waals surface area contributed by atoms with Crippen LogP contribution in [0.15, 0.2) is 40.9 Å². The Labute approximate surface area is 134 Å². The Morgan fingerprint density at radius 2 is 2.14 bits per heavy atom. The normalized spacial score (nSPS) is 13.6. The molecule has 2 rings (SSSR count).